The van der Waals surface area contributed by atoms with E-state index in [1.54, 1.807) is 11.6 Å². The van der Waals surface area contributed by atoms with Gasteiger partial charge in [0.1, 0.15) is 10.4 Å². The number of hydrogen-bond acceptors (Lipinski definition) is 5. The minimum absolute atomic E-state index is 0.250. The zero-order chi connectivity index (χ0) is 14.9. The monoisotopic (exact) mass is 293 g/mol. The second-order valence-electron chi connectivity index (χ2n) is 5.19. The second kappa shape index (κ2) is 5.36. The Morgan fingerprint density at radius 1 is 1.50 bits per heavy atom. The maximum Gasteiger partial charge on any atom is 0.317 e. The summed E-state index contributed by atoms with van der Waals surface area (Å²) in [7, 11) is 1.88. The van der Waals surface area contributed by atoms with Crippen LogP contribution in [0.1, 0.15) is 32.2 Å². The Morgan fingerprint density at radius 2 is 2.20 bits per heavy atom. The summed E-state index contributed by atoms with van der Waals surface area (Å²) in [4.78, 5) is 16.6. The summed E-state index contributed by atoms with van der Waals surface area (Å²) in [5, 5.41) is 7.11. The first kappa shape index (κ1) is 14.7. The van der Waals surface area contributed by atoms with Crippen LogP contribution in [0.2, 0.25) is 0 Å². The van der Waals surface area contributed by atoms with E-state index in [-0.39, 0.29) is 5.97 Å². The average molecular weight is 293 g/mol. The number of thiazole rings is 1. The Labute approximate surface area is 122 Å². The highest BCUT2D eigenvalue weighted by Gasteiger charge is 2.34. The molecule has 0 unspecified atom stereocenters. The van der Waals surface area contributed by atoms with E-state index < -0.39 is 5.41 Å². The third-order valence-corrected chi connectivity index (χ3v) is 4.05. The Morgan fingerprint density at radius 3 is 2.75 bits per heavy atom. The number of aromatic nitrogens is 3. The highest BCUT2D eigenvalue weighted by molar-refractivity contribution is 7.13. The van der Waals surface area contributed by atoms with E-state index >= 15 is 0 Å². The Bertz CT molecular complexity index is 628. The van der Waals surface area contributed by atoms with Crippen LogP contribution in [0.3, 0.4) is 0 Å². The molecule has 2 aromatic rings. The van der Waals surface area contributed by atoms with Gasteiger partial charge in [0.25, 0.3) is 0 Å². The predicted octanol–water partition coefficient (Wildman–Crippen LogP) is 2.69. The van der Waals surface area contributed by atoms with E-state index in [1.165, 1.54) is 11.3 Å². The summed E-state index contributed by atoms with van der Waals surface area (Å²) in [6.45, 7) is 7.80. The minimum atomic E-state index is -0.735. The van der Waals surface area contributed by atoms with Gasteiger partial charge in [0.05, 0.1) is 23.6 Å². The summed E-state index contributed by atoms with van der Waals surface area (Å²) in [5.74, 6) is -0.250. The quantitative estimate of drug-likeness (QED) is 0.813. The first-order valence-electron chi connectivity index (χ1n) is 6.50. The van der Waals surface area contributed by atoms with Crippen molar-refractivity contribution in [1.82, 2.24) is 14.8 Å². The summed E-state index contributed by atoms with van der Waals surface area (Å²) >= 11 is 1.52. The van der Waals surface area contributed by atoms with Gasteiger partial charge >= 0.3 is 5.97 Å². The molecule has 108 valence electrons. The second-order valence-corrected chi connectivity index (χ2v) is 6.04. The molecule has 6 heteroatoms. The number of aryl methyl sites for hydroxylation is 2. The number of carbonyl (C=O) groups excluding carboxylic acids is 1. The molecule has 0 aromatic carbocycles. The number of rotatable bonds is 4. The smallest absolute Gasteiger partial charge is 0.317 e. The van der Waals surface area contributed by atoms with Gasteiger partial charge in [-0.1, -0.05) is 0 Å². The first-order valence-corrected chi connectivity index (χ1v) is 7.38. The van der Waals surface area contributed by atoms with Crippen molar-refractivity contribution in [3.63, 3.8) is 0 Å². The summed E-state index contributed by atoms with van der Waals surface area (Å²) in [6.07, 6.45) is 1.94. The normalized spacial score (nSPS) is 11.7. The lowest BCUT2D eigenvalue weighted by Gasteiger charge is -2.19. The minimum Gasteiger partial charge on any atom is -0.465 e. The van der Waals surface area contributed by atoms with Gasteiger partial charge in [-0.2, -0.15) is 5.10 Å². The fourth-order valence-corrected chi connectivity index (χ4v) is 2.96. The Hall–Kier alpha value is -1.69. The van der Waals surface area contributed by atoms with Gasteiger partial charge in [-0.05, 0) is 27.7 Å². The van der Waals surface area contributed by atoms with E-state index in [0.717, 1.165) is 22.0 Å². The van der Waals surface area contributed by atoms with Crippen LogP contribution in [-0.2, 0) is 22.0 Å². The molecule has 0 amide bonds. The molecule has 0 atom stereocenters. The maximum absolute atomic E-state index is 12.0. The first-order chi connectivity index (χ1) is 9.36. The van der Waals surface area contributed by atoms with Gasteiger partial charge in [0.15, 0.2) is 0 Å². The molecule has 0 fully saturated rings. The lowest BCUT2D eigenvalue weighted by Crippen LogP contribution is -2.31. The molecule has 0 spiro atoms. The fourth-order valence-electron chi connectivity index (χ4n) is 1.91. The average Bonchev–Trinajstić information content (AvgIpc) is 2.96. The Balaban J connectivity index is 2.33. The van der Waals surface area contributed by atoms with Crippen molar-refractivity contribution in [3.8, 4) is 10.6 Å². The van der Waals surface area contributed by atoms with Gasteiger partial charge < -0.3 is 4.74 Å². The molecule has 5 nitrogen and oxygen atoms in total. The zero-order valence-electron chi connectivity index (χ0n) is 12.4. The van der Waals surface area contributed by atoms with Crippen molar-refractivity contribution in [2.75, 3.05) is 6.61 Å². The SMILES string of the molecule is CCOC(=O)C(C)(C)c1csc(-c2cn(C)nc2C)n1. The molecule has 2 heterocycles. The van der Waals surface area contributed by atoms with Crippen molar-refractivity contribution in [2.45, 2.75) is 33.1 Å². The molecule has 0 aliphatic heterocycles. The molecule has 0 aliphatic carbocycles. The van der Waals surface area contributed by atoms with Crippen LogP contribution >= 0.6 is 11.3 Å². The molecule has 0 radical (unpaired) electrons. The summed E-state index contributed by atoms with van der Waals surface area (Å²) in [6, 6.07) is 0. The molecule has 0 aliphatic rings. The largest absolute Gasteiger partial charge is 0.465 e. The number of nitrogens with zero attached hydrogens (tertiary/aromatic N) is 3. The number of carbonyl (C=O) groups is 1. The number of esters is 1. The van der Waals surface area contributed by atoms with Crippen LogP contribution in [0.5, 0.6) is 0 Å². The third kappa shape index (κ3) is 2.60. The number of hydrogen-bond donors (Lipinski definition) is 0. The van der Waals surface area contributed by atoms with E-state index in [9.17, 15) is 4.79 Å². The molecule has 0 saturated heterocycles. The molecular weight excluding hydrogens is 274 g/mol. The molecule has 0 bridgehead atoms. The predicted molar refractivity (Wildman–Crippen MR) is 78.7 cm³/mol. The van der Waals surface area contributed by atoms with Crippen LogP contribution < -0.4 is 0 Å². The van der Waals surface area contributed by atoms with E-state index in [1.807, 2.05) is 39.4 Å². The van der Waals surface area contributed by atoms with Crippen LogP contribution in [0, 0.1) is 6.92 Å². The maximum atomic E-state index is 12.0. The topological polar surface area (TPSA) is 57.0 Å². The molecule has 20 heavy (non-hydrogen) atoms. The fraction of sp³-hybridized carbons (Fsp3) is 0.500. The van der Waals surface area contributed by atoms with Gasteiger partial charge in [-0.3, -0.25) is 9.48 Å². The van der Waals surface area contributed by atoms with E-state index in [2.05, 4.69) is 10.1 Å². The van der Waals surface area contributed by atoms with Crippen molar-refractivity contribution in [3.05, 3.63) is 23.0 Å². The van der Waals surface area contributed by atoms with E-state index in [4.69, 9.17) is 4.74 Å². The highest BCUT2D eigenvalue weighted by Crippen LogP contribution is 2.32. The number of ether oxygens (including phenoxy) is 1. The van der Waals surface area contributed by atoms with Crippen molar-refractivity contribution < 1.29 is 9.53 Å². The summed E-state index contributed by atoms with van der Waals surface area (Å²) in [5.41, 5.74) is 1.94. The zero-order valence-corrected chi connectivity index (χ0v) is 13.2. The Kier molecular flexibility index (Phi) is 3.94. The van der Waals surface area contributed by atoms with Crippen molar-refractivity contribution in [2.24, 2.45) is 7.05 Å². The van der Waals surface area contributed by atoms with Crippen molar-refractivity contribution >= 4 is 17.3 Å². The summed E-state index contributed by atoms with van der Waals surface area (Å²) < 4.78 is 6.88. The highest BCUT2D eigenvalue weighted by atomic mass is 32.1. The van der Waals surface area contributed by atoms with Gasteiger partial charge in [0.2, 0.25) is 0 Å². The van der Waals surface area contributed by atoms with Gasteiger partial charge in [-0.25, -0.2) is 4.98 Å². The van der Waals surface area contributed by atoms with E-state index in [0.29, 0.717) is 6.61 Å². The van der Waals surface area contributed by atoms with Crippen LogP contribution in [0.15, 0.2) is 11.6 Å². The van der Waals surface area contributed by atoms with Crippen LogP contribution in [0.25, 0.3) is 10.6 Å². The lowest BCUT2D eigenvalue weighted by atomic mass is 9.90. The van der Waals surface area contributed by atoms with Gasteiger partial charge in [0, 0.05) is 18.6 Å². The van der Waals surface area contributed by atoms with Crippen LogP contribution in [0.4, 0.5) is 0 Å². The standard InChI is InChI=1S/C14H19N3O2S/c1-6-19-13(18)14(3,4)11-8-20-12(15-11)10-7-17(5)16-9(10)2/h7-8H,6H2,1-5H3. The molecular formula is C14H19N3O2S. The third-order valence-electron chi connectivity index (χ3n) is 3.17. The van der Waals surface area contributed by atoms with Gasteiger partial charge in [-0.15, -0.1) is 11.3 Å². The molecule has 2 aromatic heterocycles. The molecule has 0 saturated carbocycles. The lowest BCUT2D eigenvalue weighted by molar-refractivity contribution is -0.148. The molecule has 2 rings (SSSR count). The van der Waals surface area contributed by atoms with Crippen LogP contribution in [-0.4, -0.2) is 27.3 Å². The molecule has 0 N–H and O–H groups in total. The van der Waals surface area contributed by atoms with Crippen molar-refractivity contribution in [1.29, 1.82) is 0 Å².